The summed E-state index contributed by atoms with van der Waals surface area (Å²) in [5, 5.41) is 4.36. The molecule has 1 aromatic carbocycles. The number of anilines is 1. The van der Waals surface area contributed by atoms with E-state index in [1.807, 2.05) is 31.2 Å². The Kier molecular flexibility index (Phi) is 3.61. The maximum absolute atomic E-state index is 12.1. The Morgan fingerprint density at radius 1 is 1.19 bits per heavy atom. The van der Waals surface area contributed by atoms with Crippen molar-refractivity contribution in [3.63, 3.8) is 0 Å². The lowest BCUT2D eigenvalue weighted by molar-refractivity contribution is 0.553. The lowest BCUT2D eigenvalue weighted by Crippen LogP contribution is -2.29. The van der Waals surface area contributed by atoms with Crippen molar-refractivity contribution in [2.75, 3.05) is 12.0 Å². The number of hydrogen-bond donors (Lipinski definition) is 1. The van der Waals surface area contributed by atoms with Crippen LogP contribution < -0.4 is 5.73 Å². The van der Waals surface area contributed by atoms with Crippen molar-refractivity contribution in [3.8, 4) is 11.1 Å². The van der Waals surface area contributed by atoms with Gasteiger partial charge < -0.3 is 5.73 Å². The predicted molar refractivity (Wildman–Crippen MR) is 85.7 cm³/mol. The number of benzene rings is 1. The number of hydrogen-bond acceptors (Lipinski definition) is 4. The van der Waals surface area contributed by atoms with Gasteiger partial charge in [0.2, 0.25) is 0 Å². The van der Waals surface area contributed by atoms with E-state index in [2.05, 4.69) is 5.10 Å². The van der Waals surface area contributed by atoms with E-state index in [0.29, 0.717) is 17.1 Å². The van der Waals surface area contributed by atoms with Crippen molar-refractivity contribution >= 4 is 15.7 Å². The summed E-state index contributed by atoms with van der Waals surface area (Å²) in [7, 11) is -1.61. The molecule has 0 bridgehead atoms. The first-order valence-electron chi connectivity index (χ1n) is 6.65. The molecule has 6 heteroatoms. The van der Waals surface area contributed by atoms with Gasteiger partial charge in [-0.05, 0) is 26.3 Å². The van der Waals surface area contributed by atoms with Crippen LogP contribution in [-0.4, -0.2) is 24.5 Å². The van der Waals surface area contributed by atoms with Crippen molar-refractivity contribution in [1.82, 2.24) is 9.78 Å². The van der Waals surface area contributed by atoms with E-state index in [4.69, 9.17) is 5.73 Å². The molecule has 2 N–H and O–H groups in total. The van der Waals surface area contributed by atoms with Crippen LogP contribution in [0.2, 0.25) is 0 Å². The molecule has 2 aromatic rings. The van der Waals surface area contributed by atoms with Gasteiger partial charge in [0.1, 0.15) is 10.6 Å². The number of rotatable bonds is 3. The molecule has 0 aliphatic heterocycles. The highest BCUT2D eigenvalue weighted by atomic mass is 32.2. The fourth-order valence-corrected chi connectivity index (χ4v) is 2.63. The molecule has 0 radical (unpaired) electrons. The minimum absolute atomic E-state index is 0.463. The lowest BCUT2D eigenvalue weighted by atomic mass is 9.98. The number of aryl methyl sites for hydroxylation is 2. The highest BCUT2D eigenvalue weighted by Crippen LogP contribution is 2.39. The number of nitrogens with zero attached hydrogens (tertiary/aromatic N) is 2. The minimum atomic E-state index is -3.33. The van der Waals surface area contributed by atoms with Gasteiger partial charge in [0.25, 0.3) is 0 Å². The maximum Gasteiger partial charge on any atom is 0.158 e. The van der Waals surface area contributed by atoms with E-state index in [9.17, 15) is 8.42 Å². The smallest absolute Gasteiger partial charge is 0.158 e. The zero-order chi connectivity index (χ0) is 16.0. The Balaban J connectivity index is 2.76. The number of aromatic nitrogens is 2. The van der Waals surface area contributed by atoms with E-state index >= 15 is 0 Å². The molecule has 1 aromatic heterocycles. The molecular formula is C15H21N3O2S. The molecule has 0 saturated carbocycles. The first-order chi connectivity index (χ1) is 9.55. The zero-order valence-electron chi connectivity index (χ0n) is 13.0. The Morgan fingerprint density at radius 3 is 2.19 bits per heavy atom. The first kappa shape index (κ1) is 15.6. The van der Waals surface area contributed by atoms with Gasteiger partial charge in [0.05, 0.1) is 5.69 Å². The molecule has 21 heavy (non-hydrogen) atoms. The highest BCUT2D eigenvalue weighted by molar-refractivity contribution is 7.91. The van der Waals surface area contributed by atoms with Crippen LogP contribution in [0.3, 0.4) is 0 Å². The van der Waals surface area contributed by atoms with Gasteiger partial charge in [0.15, 0.2) is 9.84 Å². The largest absolute Gasteiger partial charge is 0.383 e. The molecule has 0 unspecified atom stereocenters. The average Bonchev–Trinajstić information content (AvgIpc) is 2.66. The van der Waals surface area contributed by atoms with E-state index < -0.39 is 14.6 Å². The molecule has 0 saturated heterocycles. The standard InChI is InChI=1S/C15H21N3O2S/c1-10-6-8-11(9-7-10)12-13(17-18(4)14(12)16)15(2,3)21(5,19)20/h6-9H,16H2,1-5H3. The summed E-state index contributed by atoms with van der Waals surface area (Å²) in [5.74, 6) is 0.463. The van der Waals surface area contributed by atoms with Crippen molar-refractivity contribution < 1.29 is 8.42 Å². The Bertz CT molecular complexity index is 772. The van der Waals surface area contributed by atoms with Crippen LogP contribution in [0.1, 0.15) is 25.1 Å². The molecule has 0 atom stereocenters. The van der Waals surface area contributed by atoms with Crippen LogP contribution in [0.25, 0.3) is 11.1 Å². The third-order valence-electron chi connectivity index (χ3n) is 3.93. The van der Waals surface area contributed by atoms with Crippen molar-refractivity contribution in [2.45, 2.75) is 25.5 Å². The van der Waals surface area contributed by atoms with Gasteiger partial charge in [-0.3, -0.25) is 4.68 Å². The Labute approximate surface area is 125 Å². The molecule has 0 aliphatic carbocycles. The summed E-state index contributed by atoms with van der Waals surface area (Å²) in [6.07, 6.45) is 1.22. The first-order valence-corrected chi connectivity index (χ1v) is 8.54. The predicted octanol–water partition coefficient (Wildman–Crippen LogP) is 2.26. The lowest BCUT2D eigenvalue weighted by Gasteiger charge is -2.21. The van der Waals surface area contributed by atoms with Gasteiger partial charge in [-0.1, -0.05) is 29.8 Å². The van der Waals surface area contributed by atoms with Gasteiger partial charge in [-0.25, -0.2) is 8.42 Å². The summed E-state index contributed by atoms with van der Waals surface area (Å²) in [6, 6.07) is 7.81. The number of sulfone groups is 1. The second kappa shape index (κ2) is 4.87. The normalized spacial score (nSPS) is 12.6. The summed E-state index contributed by atoms with van der Waals surface area (Å²) < 4.78 is 24.7. The van der Waals surface area contributed by atoms with Gasteiger partial charge in [-0.2, -0.15) is 5.10 Å². The van der Waals surface area contributed by atoms with Gasteiger partial charge >= 0.3 is 0 Å². The van der Waals surface area contributed by atoms with Gasteiger partial charge in [-0.15, -0.1) is 0 Å². The molecule has 114 valence electrons. The van der Waals surface area contributed by atoms with E-state index in [1.54, 1.807) is 20.9 Å². The molecular weight excluding hydrogens is 286 g/mol. The second-order valence-corrected chi connectivity index (χ2v) is 8.45. The number of nitrogen functional groups attached to an aromatic ring is 1. The molecule has 0 fully saturated rings. The van der Waals surface area contributed by atoms with Crippen molar-refractivity contribution in [1.29, 1.82) is 0 Å². The maximum atomic E-state index is 12.1. The summed E-state index contributed by atoms with van der Waals surface area (Å²) >= 11 is 0. The van der Waals surface area contributed by atoms with Crippen LogP contribution in [0, 0.1) is 6.92 Å². The van der Waals surface area contributed by atoms with Crippen LogP contribution in [0.5, 0.6) is 0 Å². The molecule has 2 rings (SSSR count). The fourth-order valence-electron chi connectivity index (χ4n) is 2.14. The van der Waals surface area contributed by atoms with E-state index in [1.165, 1.54) is 10.9 Å². The zero-order valence-corrected chi connectivity index (χ0v) is 13.8. The van der Waals surface area contributed by atoms with Crippen molar-refractivity contribution in [3.05, 3.63) is 35.5 Å². The SMILES string of the molecule is Cc1ccc(-c2c(C(C)(C)S(C)(=O)=O)nn(C)c2N)cc1. The van der Waals surface area contributed by atoms with Crippen LogP contribution in [0.15, 0.2) is 24.3 Å². The molecule has 0 spiro atoms. The van der Waals surface area contributed by atoms with Crippen LogP contribution in [0.4, 0.5) is 5.82 Å². The third kappa shape index (κ3) is 2.55. The van der Waals surface area contributed by atoms with Crippen LogP contribution >= 0.6 is 0 Å². The van der Waals surface area contributed by atoms with Crippen molar-refractivity contribution in [2.24, 2.45) is 7.05 Å². The highest BCUT2D eigenvalue weighted by Gasteiger charge is 2.38. The summed E-state index contributed by atoms with van der Waals surface area (Å²) in [5.41, 5.74) is 9.29. The molecule has 0 aliphatic rings. The monoisotopic (exact) mass is 307 g/mol. The Hall–Kier alpha value is -1.82. The summed E-state index contributed by atoms with van der Waals surface area (Å²) in [6.45, 7) is 5.31. The molecule has 1 heterocycles. The van der Waals surface area contributed by atoms with E-state index in [0.717, 1.165) is 11.1 Å². The molecule has 0 amide bonds. The quantitative estimate of drug-likeness (QED) is 0.943. The summed E-state index contributed by atoms with van der Waals surface area (Å²) in [4.78, 5) is 0. The van der Waals surface area contributed by atoms with Crippen LogP contribution in [-0.2, 0) is 21.6 Å². The van der Waals surface area contributed by atoms with E-state index in [-0.39, 0.29) is 0 Å². The third-order valence-corrected chi connectivity index (χ3v) is 5.98. The Morgan fingerprint density at radius 2 is 1.71 bits per heavy atom. The fraction of sp³-hybridized carbons (Fsp3) is 0.400. The average molecular weight is 307 g/mol. The van der Waals surface area contributed by atoms with Gasteiger partial charge in [0, 0.05) is 18.9 Å². The second-order valence-electron chi connectivity index (χ2n) is 5.88. The topological polar surface area (TPSA) is 78.0 Å². The molecule has 5 nitrogen and oxygen atoms in total. The number of nitrogens with two attached hydrogens (primary N) is 1. The minimum Gasteiger partial charge on any atom is -0.383 e.